The minimum absolute atomic E-state index is 0.160. The Kier molecular flexibility index (Phi) is 6.32. The number of hydrogen-bond donors (Lipinski definition) is 2. The highest BCUT2D eigenvalue weighted by molar-refractivity contribution is 5.98. The van der Waals surface area contributed by atoms with Gasteiger partial charge in [-0.2, -0.15) is 0 Å². The number of hydrogen-bond acceptors (Lipinski definition) is 3. The summed E-state index contributed by atoms with van der Waals surface area (Å²) in [6.45, 7) is 2.39. The third-order valence-electron chi connectivity index (χ3n) is 5.90. The van der Waals surface area contributed by atoms with Gasteiger partial charge >= 0.3 is 0 Å². The highest BCUT2D eigenvalue weighted by Gasteiger charge is 2.24. The number of phenolic OH excluding ortho intramolecular Hbond substituents is 1. The highest BCUT2D eigenvalue weighted by atomic mass is 16.3. The molecule has 0 radical (unpaired) electrons. The lowest BCUT2D eigenvalue weighted by Crippen LogP contribution is -2.41. The van der Waals surface area contributed by atoms with E-state index in [1.807, 2.05) is 18.2 Å². The Labute approximate surface area is 178 Å². The standard InChI is InChI=1S/C27H29NO2/c1-28-18-24(19-28)20-9-11-22(12-10-20)27(23-13-15-25(30)16-14-23)26(8-5-17-29)21-6-3-2-4-7-21/h2-4,6-7,9-16,24,29-30H,5,8,17-19H2,1H3/b27-26+. The van der Waals surface area contributed by atoms with Crippen LogP contribution >= 0.6 is 0 Å². The van der Waals surface area contributed by atoms with E-state index >= 15 is 0 Å². The van der Waals surface area contributed by atoms with Crippen LogP contribution in [0.15, 0.2) is 78.9 Å². The summed E-state index contributed by atoms with van der Waals surface area (Å²) in [5, 5.41) is 19.3. The molecule has 3 heteroatoms. The number of likely N-dealkylation sites (N-methyl/N-ethyl adjacent to an activating group) is 1. The van der Waals surface area contributed by atoms with Crippen LogP contribution in [0, 0.1) is 0 Å². The van der Waals surface area contributed by atoms with Crippen molar-refractivity contribution in [2.45, 2.75) is 18.8 Å². The second-order valence-electron chi connectivity index (χ2n) is 8.13. The van der Waals surface area contributed by atoms with Crippen LogP contribution in [0.25, 0.3) is 11.1 Å². The summed E-state index contributed by atoms with van der Waals surface area (Å²) in [6, 6.07) is 26.8. The molecule has 2 N–H and O–H groups in total. The molecule has 1 saturated heterocycles. The largest absolute Gasteiger partial charge is 0.508 e. The van der Waals surface area contributed by atoms with E-state index in [4.69, 9.17) is 0 Å². The molecule has 0 spiro atoms. The maximum absolute atomic E-state index is 9.81. The summed E-state index contributed by atoms with van der Waals surface area (Å²) in [7, 11) is 2.16. The topological polar surface area (TPSA) is 43.7 Å². The van der Waals surface area contributed by atoms with Crippen molar-refractivity contribution >= 4 is 11.1 Å². The van der Waals surface area contributed by atoms with Gasteiger partial charge in [-0.05, 0) is 65.4 Å². The smallest absolute Gasteiger partial charge is 0.115 e. The molecular formula is C27H29NO2. The van der Waals surface area contributed by atoms with Crippen LogP contribution in [0.4, 0.5) is 0 Å². The number of likely N-dealkylation sites (tertiary alicyclic amines) is 1. The maximum Gasteiger partial charge on any atom is 0.115 e. The Morgan fingerprint density at radius 1 is 0.833 bits per heavy atom. The molecule has 1 heterocycles. The molecule has 154 valence electrons. The van der Waals surface area contributed by atoms with Crippen molar-refractivity contribution in [3.05, 3.63) is 101 Å². The first-order valence-corrected chi connectivity index (χ1v) is 10.6. The minimum atomic E-state index is 0.160. The molecule has 1 fully saturated rings. The summed E-state index contributed by atoms with van der Waals surface area (Å²) < 4.78 is 0. The van der Waals surface area contributed by atoms with Gasteiger partial charge in [0.1, 0.15) is 5.75 Å². The fourth-order valence-corrected chi connectivity index (χ4v) is 4.28. The van der Waals surface area contributed by atoms with Crippen molar-refractivity contribution in [2.24, 2.45) is 0 Å². The van der Waals surface area contributed by atoms with Crippen molar-refractivity contribution in [1.82, 2.24) is 4.90 Å². The van der Waals surface area contributed by atoms with Crippen molar-refractivity contribution in [3.8, 4) is 5.75 Å². The molecule has 3 aromatic carbocycles. The van der Waals surface area contributed by atoms with Crippen molar-refractivity contribution in [1.29, 1.82) is 0 Å². The molecule has 0 aliphatic carbocycles. The number of aliphatic hydroxyl groups excluding tert-OH is 1. The van der Waals surface area contributed by atoms with Gasteiger partial charge in [-0.1, -0.05) is 66.7 Å². The van der Waals surface area contributed by atoms with Gasteiger partial charge in [0, 0.05) is 25.6 Å². The predicted molar refractivity (Wildman–Crippen MR) is 123 cm³/mol. The van der Waals surface area contributed by atoms with Gasteiger partial charge in [-0.3, -0.25) is 0 Å². The molecule has 3 aromatic rings. The average Bonchev–Trinajstić information content (AvgIpc) is 2.76. The second-order valence-corrected chi connectivity index (χ2v) is 8.13. The highest BCUT2D eigenvalue weighted by Crippen LogP contribution is 2.36. The molecule has 0 atom stereocenters. The second kappa shape index (κ2) is 9.29. The third-order valence-corrected chi connectivity index (χ3v) is 5.90. The van der Waals surface area contributed by atoms with Crippen LogP contribution in [-0.2, 0) is 0 Å². The molecule has 4 rings (SSSR count). The van der Waals surface area contributed by atoms with E-state index in [0.29, 0.717) is 12.3 Å². The van der Waals surface area contributed by atoms with Gasteiger partial charge in [0.15, 0.2) is 0 Å². The first kappa shape index (κ1) is 20.4. The summed E-state index contributed by atoms with van der Waals surface area (Å²) in [4.78, 5) is 2.34. The van der Waals surface area contributed by atoms with E-state index in [1.165, 1.54) is 16.7 Å². The summed E-state index contributed by atoms with van der Waals surface area (Å²) >= 11 is 0. The lowest BCUT2D eigenvalue weighted by Gasteiger charge is -2.36. The monoisotopic (exact) mass is 399 g/mol. The van der Waals surface area contributed by atoms with E-state index in [-0.39, 0.29) is 12.4 Å². The van der Waals surface area contributed by atoms with E-state index in [0.717, 1.165) is 36.2 Å². The van der Waals surface area contributed by atoms with E-state index in [2.05, 4.69) is 60.5 Å². The van der Waals surface area contributed by atoms with E-state index in [9.17, 15) is 10.2 Å². The van der Waals surface area contributed by atoms with Gasteiger partial charge in [0.2, 0.25) is 0 Å². The fraction of sp³-hybridized carbons (Fsp3) is 0.259. The first-order valence-electron chi connectivity index (χ1n) is 10.6. The predicted octanol–water partition coefficient (Wildman–Crippen LogP) is 5.15. The molecular weight excluding hydrogens is 370 g/mol. The van der Waals surface area contributed by atoms with Crippen LogP contribution in [0.2, 0.25) is 0 Å². The SMILES string of the molecule is CN1CC(c2ccc(/C(=C(/CCCO)c3ccccc3)c3ccc(O)cc3)cc2)C1. The summed E-state index contributed by atoms with van der Waals surface area (Å²) in [5.41, 5.74) is 7.16. The first-order chi connectivity index (χ1) is 14.7. The van der Waals surface area contributed by atoms with Crippen molar-refractivity contribution in [2.75, 3.05) is 26.7 Å². The Hall–Kier alpha value is -2.88. The van der Waals surface area contributed by atoms with Gasteiger partial charge in [0.25, 0.3) is 0 Å². The van der Waals surface area contributed by atoms with Crippen LogP contribution in [0.3, 0.4) is 0 Å². The number of aliphatic hydroxyl groups is 1. The van der Waals surface area contributed by atoms with Gasteiger partial charge in [-0.25, -0.2) is 0 Å². The Morgan fingerprint density at radius 2 is 1.43 bits per heavy atom. The van der Waals surface area contributed by atoms with Crippen LogP contribution in [0.1, 0.15) is 41.0 Å². The molecule has 0 aromatic heterocycles. The minimum Gasteiger partial charge on any atom is -0.508 e. The number of rotatable bonds is 7. The lowest BCUT2D eigenvalue weighted by molar-refractivity contribution is 0.190. The zero-order valence-electron chi connectivity index (χ0n) is 17.5. The molecule has 0 saturated carbocycles. The van der Waals surface area contributed by atoms with Crippen molar-refractivity contribution < 1.29 is 10.2 Å². The molecule has 3 nitrogen and oxygen atoms in total. The number of phenols is 1. The van der Waals surface area contributed by atoms with Crippen LogP contribution < -0.4 is 0 Å². The molecule has 1 aliphatic rings. The zero-order chi connectivity index (χ0) is 20.9. The third kappa shape index (κ3) is 4.48. The molecule has 0 bridgehead atoms. The van der Waals surface area contributed by atoms with Gasteiger partial charge in [-0.15, -0.1) is 0 Å². The maximum atomic E-state index is 9.81. The normalized spacial score (nSPS) is 15.5. The zero-order valence-corrected chi connectivity index (χ0v) is 17.5. The summed E-state index contributed by atoms with van der Waals surface area (Å²) in [5.74, 6) is 0.882. The van der Waals surface area contributed by atoms with E-state index < -0.39 is 0 Å². The van der Waals surface area contributed by atoms with E-state index in [1.54, 1.807) is 12.1 Å². The summed E-state index contributed by atoms with van der Waals surface area (Å²) in [6.07, 6.45) is 1.49. The number of nitrogens with zero attached hydrogens (tertiary/aromatic N) is 1. The van der Waals surface area contributed by atoms with Crippen LogP contribution in [0.5, 0.6) is 5.75 Å². The number of aromatic hydroxyl groups is 1. The molecule has 0 unspecified atom stereocenters. The average molecular weight is 400 g/mol. The fourth-order valence-electron chi connectivity index (χ4n) is 4.28. The Morgan fingerprint density at radius 3 is 2.00 bits per heavy atom. The molecule has 0 amide bonds. The molecule has 30 heavy (non-hydrogen) atoms. The number of benzene rings is 3. The van der Waals surface area contributed by atoms with Crippen LogP contribution in [-0.4, -0.2) is 41.9 Å². The quantitative estimate of drug-likeness (QED) is 0.540. The Balaban J connectivity index is 1.82. The lowest BCUT2D eigenvalue weighted by atomic mass is 9.85. The van der Waals surface area contributed by atoms with Gasteiger partial charge < -0.3 is 15.1 Å². The van der Waals surface area contributed by atoms with Crippen molar-refractivity contribution in [3.63, 3.8) is 0 Å². The number of allylic oxidation sites excluding steroid dienone is 1. The molecule has 1 aliphatic heterocycles. The Bertz CT molecular complexity index is 985. The van der Waals surface area contributed by atoms with Gasteiger partial charge in [0.05, 0.1) is 0 Å².